The van der Waals surface area contributed by atoms with E-state index in [9.17, 15) is 0 Å². The molecule has 21 rings (SSSR count). The molecule has 3 saturated heterocycles. The highest BCUT2D eigenvalue weighted by Gasteiger charge is 2.64. The molecule has 14 aromatic rings. The van der Waals surface area contributed by atoms with Gasteiger partial charge in [0.15, 0.2) is 0 Å². The fourth-order valence-electron chi connectivity index (χ4n) is 18.9. The molecule has 10 heteroatoms. The summed E-state index contributed by atoms with van der Waals surface area (Å²) in [7, 11) is -1.35. The van der Waals surface area contributed by atoms with E-state index in [0.717, 1.165) is 10.5 Å². The maximum absolute atomic E-state index is 6.57. The summed E-state index contributed by atoms with van der Waals surface area (Å²) in [5.74, 6) is 0. The minimum atomic E-state index is -0.476. The van der Waals surface area contributed by atoms with E-state index in [1.165, 1.54) is 177 Å². The summed E-state index contributed by atoms with van der Waals surface area (Å²) in [5, 5.41) is 11.3. The van der Waals surface area contributed by atoms with Crippen molar-refractivity contribution in [1.82, 2.24) is 0 Å². The predicted molar refractivity (Wildman–Crippen MR) is 462 cm³/mol. The summed E-state index contributed by atoms with van der Waals surface area (Å²) in [6.07, 6.45) is 0. The van der Waals surface area contributed by atoms with Gasteiger partial charge in [0.1, 0.15) is 0 Å². The molecule has 14 aromatic carbocycles. The molecule has 0 aromatic heterocycles. The molecule has 6 nitrogen and oxygen atoms in total. The van der Waals surface area contributed by atoms with E-state index in [0.29, 0.717) is 0 Å². The van der Waals surface area contributed by atoms with Gasteiger partial charge >= 0.3 is 21.1 Å². The Morgan fingerprint density at radius 2 is 0.518 bits per heavy atom. The van der Waals surface area contributed by atoms with Crippen molar-refractivity contribution in [3.63, 3.8) is 0 Å². The molecule has 4 aliphatic carbocycles. The van der Waals surface area contributed by atoms with Crippen molar-refractivity contribution in [3.05, 3.63) is 282 Å². The average Bonchev–Trinajstić information content (AvgIpc) is 1.51. The molecule has 0 atom stereocenters. The van der Waals surface area contributed by atoms with E-state index in [4.69, 9.17) is 39.5 Å². The highest BCUT2D eigenvalue weighted by molar-refractivity contribution is 7.11. The Balaban J connectivity index is 0.000000123. The zero-order chi connectivity index (χ0) is 76.3. The van der Waals surface area contributed by atoms with Gasteiger partial charge in [0, 0.05) is 15.9 Å². The fraction of sp³-hybridized carbons (Fsp3) is 0.240. The second-order valence-corrected chi connectivity index (χ2v) is 35.7. The van der Waals surface area contributed by atoms with Crippen molar-refractivity contribution in [2.75, 3.05) is 0 Å². The topological polar surface area (TPSA) is 55.4 Å². The number of benzene rings is 14. The largest absolute Gasteiger partial charge is 0.494 e. The smallest absolute Gasteiger partial charge is 0.405 e. The molecule has 7 aliphatic rings. The predicted octanol–water partition coefficient (Wildman–Crippen LogP) is 25.8. The summed E-state index contributed by atoms with van der Waals surface area (Å²) in [6, 6.07) is 94.1. The van der Waals surface area contributed by atoms with Crippen LogP contribution in [0.3, 0.4) is 0 Å². The molecule has 3 fully saturated rings. The van der Waals surface area contributed by atoms with E-state index >= 15 is 0 Å². The van der Waals surface area contributed by atoms with Gasteiger partial charge in [0.2, 0.25) is 0 Å². The third-order valence-corrected chi connectivity index (χ3v) is 26.9. The Bertz CT molecular complexity index is 6120. The summed E-state index contributed by atoms with van der Waals surface area (Å²) >= 11 is 6.57. The molecule has 542 valence electrons. The number of hydrogen-bond donors (Lipinski definition) is 0. The molecule has 0 bridgehead atoms. The summed E-state index contributed by atoms with van der Waals surface area (Å²) in [6.45, 7) is 34.2. The van der Waals surface area contributed by atoms with Crippen molar-refractivity contribution < 1.29 is 27.9 Å². The second kappa shape index (κ2) is 24.7. The minimum Gasteiger partial charge on any atom is -0.405 e. The minimum absolute atomic E-state index is 0.162. The molecule has 0 N–H and O–H groups in total. The first kappa shape index (κ1) is 70.7. The molecule has 110 heavy (non-hydrogen) atoms. The van der Waals surface area contributed by atoms with Gasteiger partial charge in [-0.1, -0.05) is 270 Å². The van der Waals surface area contributed by atoms with Gasteiger partial charge in [-0.2, -0.15) is 0 Å². The lowest BCUT2D eigenvalue weighted by atomic mass is 9.49. The van der Waals surface area contributed by atoms with Gasteiger partial charge in [-0.25, -0.2) is 0 Å². The van der Waals surface area contributed by atoms with Crippen LogP contribution in [0.15, 0.2) is 255 Å². The molecule has 0 spiro atoms. The maximum Gasteiger partial charge on any atom is 0.494 e. The average molecular weight is 1460 g/mol. The Labute approximate surface area is 653 Å². The van der Waals surface area contributed by atoms with Crippen LogP contribution in [-0.4, -0.2) is 54.7 Å². The third-order valence-electron chi connectivity index (χ3n) is 26.6. The van der Waals surface area contributed by atoms with E-state index < -0.39 is 21.1 Å². The highest BCUT2D eigenvalue weighted by Crippen LogP contribution is 2.65. The monoisotopic (exact) mass is 1450 g/mol. The van der Waals surface area contributed by atoms with Crippen molar-refractivity contribution in [2.24, 2.45) is 0 Å². The van der Waals surface area contributed by atoms with Crippen LogP contribution in [0.1, 0.15) is 133 Å². The van der Waals surface area contributed by atoms with Crippen molar-refractivity contribution >= 4 is 81.3 Å². The number of rotatable bonds is 6. The number of halogens is 1. The lowest BCUT2D eigenvalue weighted by molar-refractivity contribution is 0.00578. The molecule has 3 aliphatic heterocycles. The molecule has 0 amide bonds. The molecule has 0 unspecified atom stereocenters. The van der Waals surface area contributed by atoms with Gasteiger partial charge in [-0.05, 0) is 289 Å². The second-order valence-electron chi connectivity index (χ2n) is 35.3. The Hall–Kier alpha value is -9.64. The Morgan fingerprint density at radius 3 is 0.864 bits per heavy atom. The maximum atomic E-state index is 6.57. The normalized spacial score (nSPS) is 18.4. The SMILES string of the molecule is CC1(C)OB(B2OC(C)(C)C(C)(C)O2)OC1(C)C.CC1(C)c2cc(B3OC(C)(C)C(C)(C)O3)ccc2-c2c1cc1c3c(cccc23)-c2c-1c(-c1ccccc1)c1ccccc1c2-c1ccccc1.CC1(C)c2cc(Cl)ccc2-c2c1cc1c3c(cccc23)-c2c-1c(-c1ccccc1)c1ccccc1c2-c1ccccc1. The van der Waals surface area contributed by atoms with Crippen LogP contribution in [0, 0.1) is 0 Å². The van der Waals surface area contributed by atoms with Gasteiger partial charge in [0.05, 0.1) is 33.6 Å². The Morgan fingerprint density at radius 1 is 0.227 bits per heavy atom. The zero-order valence-electron chi connectivity index (χ0n) is 65.8. The van der Waals surface area contributed by atoms with Crippen LogP contribution < -0.4 is 5.46 Å². The van der Waals surface area contributed by atoms with Gasteiger partial charge < -0.3 is 27.9 Å². The van der Waals surface area contributed by atoms with Crippen molar-refractivity contribution in [2.45, 2.75) is 155 Å². The van der Waals surface area contributed by atoms with Crippen LogP contribution in [0.25, 0.3) is 154 Å². The lowest BCUT2D eigenvalue weighted by Crippen LogP contribution is -2.41. The quantitative estimate of drug-likeness (QED) is 0.155. The highest BCUT2D eigenvalue weighted by atomic mass is 35.5. The summed E-state index contributed by atoms with van der Waals surface area (Å²) in [4.78, 5) is 0. The van der Waals surface area contributed by atoms with Gasteiger partial charge in [-0.15, -0.1) is 0 Å². The standard InChI is InChI=1S/C47H39BO2.C41H27Cl.C12H24B2O4/c1-45(2)37-26-30(48-49-46(3,4)47(5,6)50-48)24-25-33(37)42-34-22-15-23-35-41(34)36(27-38(42)45)44-40(29-18-11-8-12-19-29)32-21-14-13-20-31(32)39(43(35)44)28-16-9-7-10-17-28;1-41(2)33-22-26(42)20-21-29(33)38-30-18-11-19-31-37(30)32(23-34(38)41)40-36(25-14-7-4-8-15-25)28-17-10-9-16-27(28)35(39(31)40)24-12-5-3-6-13-24;1-9(2)10(3,4)16-13(15-9)14-17-11(5,6)12(7,8)18-14/h7-27H,1-6H3;3-23H,1-2H3;1-8H3. The van der Waals surface area contributed by atoms with Gasteiger partial charge in [0.25, 0.3) is 0 Å². The number of fused-ring (bicyclic) bond motifs is 16. The van der Waals surface area contributed by atoms with Crippen LogP contribution >= 0.6 is 11.6 Å². The van der Waals surface area contributed by atoms with E-state index in [1.807, 2.05) is 61.5 Å². The molecular weight excluding hydrogens is 1360 g/mol. The van der Waals surface area contributed by atoms with Crippen LogP contribution in [0.4, 0.5) is 0 Å². The lowest BCUT2D eigenvalue weighted by Gasteiger charge is -2.32. The molecule has 0 saturated carbocycles. The van der Waals surface area contributed by atoms with Gasteiger partial charge in [-0.3, -0.25) is 0 Å². The first-order chi connectivity index (χ1) is 52.5. The van der Waals surface area contributed by atoms with Crippen LogP contribution in [-0.2, 0) is 38.8 Å². The Kier molecular flexibility index (Phi) is 15.9. The van der Waals surface area contributed by atoms with E-state index in [-0.39, 0.29) is 44.4 Å². The third kappa shape index (κ3) is 10.4. The van der Waals surface area contributed by atoms with Crippen LogP contribution in [0.2, 0.25) is 5.02 Å². The first-order valence-electron chi connectivity index (χ1n) is 39.1. The van der Waals surface area contributed by atoms with Crippen molar-refractivity contribution in [3.8, 4) is 111 Å². The molecule has 0 radical (unpaired) electrons. The van der Waals surface area contributed by atoms with E-state index in [2.05, 4.69) is 304 Å². The van der Waals surface area contributed by atoms with Crippen molar-refractivity contribution in [1.29, 1.82) is 0 Å². The molecular formula is C100H90B3ClO6. The summed E-state index contributed by atoms with van der Waals surface area (Å²) < 4.78 is 36.9. The number of hydrogen-bond acceptors (Lipinski definition) is 6. The first-order valence-corrected chi connectivity index (χ1v) is 39.5. The zero-order valence-corrected chi connectivity index (χ0v) is 66.6. The molecule has 3 heterocycles. The summed E-state index contributed by atoms with van der Waals surface area (Å²) in [5.41, 5.74) is 30.1. The van der Waals surface area contributed by atoms with E-state index in [1.54, 1.807) is 0 Å². The fourth-order valence-corrected chi connectivity index (χ4v) is 19.1. The van der Waals surface area contributed by atoms with Crippen LogP contribution in [0.5, 0.6) is 0 Å².